The highest BCUT2D eigenvalue weighted by Gasteiger charge is 2.28. The van der Waals surface area contributed by atoms with Crippen LogP contribution in [0.25, 0.3) is 0 Å². The highest BCUT2D eigenvalue weighted by Crippen LogP contribution is 2.35. The third-order valence-electron chi connectivity index (χ3n) is 4.54. The molecule has 2 heterocycles. The maximum atomic E-state index is 3.71. The number of aryl methyl sites for hydroxylation is 1. The largest absolute Gasteiger partial charge is 0.352 e. The van der Waals surface area contributed by atoms with E-state index in [-0.39, 0.29) is 0 Å². The summed E-state index contributed by atoms with van der Waals surface area (Å²) in [6.07, 6.45) is 3.93. The van der Waals surface area contributed by atoms with Gasteiger partial charge in [-0.3, -0.25) is 5.32 Å². The smallest absolute Gasteiger partial charge is 0.106 e. The van der Waals surface area contributed by atoms with E-state index in [1.165, 1.54) is 35.2 Å². The van der Waals surface area contributed by atoms with Crippen molar-refractivity contribution < 1.29 is 0 Å². The van der Waals surface area contributed by atoms with Gasteiger partial charge in [0.2, 0.25) is 0 Å². The maximum absolute atomic E-state index is 3.71. The number of benzene rings is 2. The molecule has 1 atom stereocenters. The summed E-state index contributed by atoms with van der Waals surface area (Å²) in [6, 6.07) is 17.7. The zero-order chi connectivity index (χ0) is 13.4. The Bertz CT molecular complexity index is 565. The molecule has 2 aromatic carbocycles. The monoisotopic (exact) mass is 264 g/mol. The lowest BCUT2D eigenvalue weighted by Gasteiger charge is -2.41. The molecule has 2 aliphatic rings. The summed E-state index contributed by atoms with van der Waals surface area (Å²) in [4.78, 5) is 2.55. The minimum absolute atomic E-state index is 0.335. The summed E-state index contributed by atoms with van der Waals surface area (Å²) in [5.41, 5.74) is 5.85. The molecule has 2 aromatic rings. The first-order valence-electron chi connectivity index (χ1n) is 7.59. The standard InChI is InChI=1S/C18H20N2/c1-3-9-16-14(6-1)11-12-19-18(16)20-13-5-8-15-7-2-4-10-17(15)20/h1-4,6-7,9-10,18-19H,5,8,11-13H2. The van der Waals surface area contributed by atoms with Gasteiger partial charge in [-0.15, -0.1) is 0 Å². The number of nitrogens with zero attached hydrogens (tertiary/aromatic N) is 1. The second-order valence-corrected chi connectivity index (χ2v) is 5.73. The predicted octanol–water partition coefficient (Wildman–Crippen LogP) is 3.28. The van der Waals surface area contributed by atoms with Crippen LogP contribution in [0.4, 0.5) is 5.69 Å². The number of hydrogen-bond donors (Lipinski definition) is 1. The van der Waals surface area contributed by atoms with E-state index in [1.807, 2.05) is 0 Å². The fourth-order valence-corrected chi connectivity index (χ4v) is 3.59. The maximum Gasteiger partial charge on any atom is 0.106 e. The van der Waals surface area contributed by atoms with Crippen molar-refractivity contribution in [1.29, 1.82) is 0 Å². The summed E-state index contributed by atoms with van der Waals surface area (Å²) in [5.74, 6) is 0. The van der Waals surface area contributed by atoms with Crippen molar-refractivity contribution in [3.8, 4) is 0 Å². The van der Waals surface area contributed by atoms with Crippen LogP contribution in [-0.2, 0) is 12.8 Å². The number of rotatable bonds is 1. The summed E-state index contributed by atoms with van der Waals surface area (Å²) < 4.78 is 0. The first kappa shape index (κ1) is 12.0. The second-order valence-electron chi connectivity index (χ2n) is 5.73. The average Bonchev–Trinajstić information content (AvgIpc) is 2.54. The molecule has 2 aliphatic heterocycles. The Hall–Kier alpha value is -1.80. The Morgan fingerprint density at radius 3 is 2.65 bits per heavy atom. The van der Waals surface area contributed by atoms with Gasteiger partial charge in [0.1, 0.15) is 6.17 Å². The highest BCUT2D eigenvalue weighted by atomic mass is 15.3. The topological polar surface area (TPSA) is 15.3 Å². The van der Waals surface area contributed by atoms with Gasteiger partial charge in [0, 0.05) is 18.8 Å². The zero-order valence-corrected chi connectivity index (χ0v) is 11.7. The van der Waals surface area contributed by atoms with Crippen LogP contribution in [0.1, 0.15) is 29.3 Å². The molecular weight excluding hydrogens is 244 g/mol. The number of fused-ring (bicyclic) bond motifs is 2. The molecule has 0 saturated carbocycles. The van der Waals surface area contributed by atoms with Crippen molar-refractivity contribution in [3.05, 3.63) is 65.2 Å². The minimum atomic E-state index is 0.335. The van der Waals surface area contributed by atoms with Crippen molar-refractivity contribution in [2.75, 3.05) is 18.0 Å². The van der Waals surface area contributed by atoms with E-state index in [2.05, 4.69) is 58.7 Å². The number of nitrogens with one attached hydrogen (secondary N) is 1. The van der Waals surface area contributed by atoms with Crippen LogP contribution >= 0.6 is 0 Å². The third-order valence-corrected chi connectivity index (χ3v) is 4.54. The second kappa shape index (κ2) is 4.95. The molecule has 4 rings (SSSR count). The summed E-state index contributed by atoms with van der Waals surface area (Å²) in [6.45, 7) is 2.21. The van der Waals surface area contributed by atoms with Crippen LogP contribution in [0, 0.1) is 0 Å². The molecule has 0 fully saturated rings. The van der Waals surface area contributed by atoms with Crippen molar-refractivity contribution in [2.24, 2.45) is 0 Å². The third kappa shape index (κ3) is 1.92. The number of hydrogen-bond acceptors (Lipinski definition) is 2. The van der Waals surface area contributed by atoms with Crippen molar-refractivity contribution in [1.82, 2.24) is 5.32 Å². The molecule has 0 radical (unpaired) electrons. The molecule has 0 bridgehead atoms. The summed E-state index contributed by atoms with van der Waals surface area (Å²) in [5, 5.41) is 3.71. The van der Waals surface area contributed by atoms with E-state index in [1.54, 1.807) is 0 Å². The lowest BCUT2D eigenvalue weighted by atomic mass is 9.94. The van der Waals surface area contributed by atoms with Crippen molar-refractivity contribution in [2.45, 2.75) is 25.4 Å². The van der Waals surface area contributed by atoms with Gasteiger partial charge in [0.15, 0.2) is 0 Å². The number of para-hydroxylation sites is 1. The van der Waals surface area contributed by atoms with Crippen molar-refractivity contribution in [3.63, 3.8) is 0 Å². The molecule has 0 amide bonds. The van der Waals surface area contributed by atoms with E-state index in [9.17, 15) is 0 Å². The molecule has 102 valence electrons. The first-order valence-corrected chi connectivity index (χ1v) is 7.59. The van der Waals surface area contributed by atoms with Gasteiger partial charge in [0.05, 0.1) is 0 Å². The Morgan fingerprint density at radius 1 is 0.900 bits per heavy atom. The van der Waals surface area contributed by atoms with Gasteiger partial charge < -0.3 is 4.90 Å². The predicted molar refractivity (Wildman–Crippen MR) is 83.0 cm³/mol. The molecule has 1 N–H and O–H groups in total. The Labute approximate surface area is 120 Å². The lowest BCUT2D eigenvalue weighted by Crippen LogP contribution is -2.44. The molecule has 2 heteroatoms. The molecule has 2 nitrogen and oxygen atoms in total. The molecule has 0 saturated heterocycles. The summed E-state index contributed by atoms with van der Waals surface area (Å²) >= 11 is 0. The van der Waals surface area contributed by atoms with E-state index >= 15 is 0 Å². The van der Waals surface area contributed by atoms with Crippen LogP contribution < -0.4 is 10.2 Å². The number of anilines is 1. The van der Waals surface area contributed by atoms with Gasteiger partial charge in [-0.2, -0.15) is 0 Å². The van der Waals surface area contributed by atoms with Gasteiger partial charge in [-0.1, -0.05) is 42.5 Å². The molecule has 0 aliphatic carbocycles. The van der Waals surface area contributed by atoms with Gasteiger partial charge in [-0.05, 0) is 42.0 Å². The molecule has 1 unspecified atom stereocenters. The van der Waals surface area contributed by atoms with Crippen LogP contribution in [0.2, 0.25) is 0 Å². The van der Waals surface area contributed by atoms with Crippen LogP contribution in [0.3, 0.4) is 0 Å². The highest BCUT2D eigenvalue weighted by molar-refractivity contribution is 5.57. The fraction of sp³-hybridized carbons (Fsp3) is 0.333. The van der Waals surface area contributed by atoms with Gasteiger partial charge in [0.25, 0.3) is 0 Å². The van der Waals surface area contributed by atoms with Gasteiger partial charge in [-0.25, -0.2) is 0 Å². The normalized spacial score (nSPS) is 21.2. The summed E-state index contributed by atoms with van der Waals surface area (Å²) in [7, 11) is 0. The van der Waals surface area contributed by atoms with Crippen molar-refractivity contribution >= 4 is 5.69 Å². The van der Waals surface area contributed by atoms with Crippen LogP contribution in [0.5, 0.6) is 0 Å². The SMILES string of the molecule is c1ccc2c(c1)CCNC2N1CCCc2ccccc21. The lowest BCUT2D eigenvalue weighted by molar-refractivity contribution is 0.464. The average molecular weight is 264 g/mol. The van der Waals surface area contributed by atoms with E-state index in [0.29, 0.717) is 6.17 Å². The van der Waals surface area contributed by atoms with Gasteiger partial charge >= 0.3 is 0 Å². The van der Waals surface area contributed by atoms with E-state index in [0.717, 1.165) is 19.5 Å². The Morgan fingerprint density at radius 2 is 1.70 bits per heavy atom. The molecule has 0 aromatic heterocycles. The molecule has 0 spiro atoms. The molecular formula is C18H20N2. The zero-order valence-electron chi connectivity index (χ0n) is 11.7. The van der Waals surface area contributed by atoms with Crippen LogP contribution in [-0.4, -0.2) is 13.1 Å². The molecule has 20 heavy (non-hydrogen) atoms. The van der Waals surface area contributed by atoms with E-state index in [4.69, 9.17) is 0 Å². The first-order chi connectivity index (χ1) is 9.93. The quantitative estimate of drug-likeness (QED) is 0.850. The fourth-order valence-electron chi connectivity index (χ4n) is 3.59. The van der Waals surface area contributed by atoms with E-state index < -0.39 is 0 Å². The Balaban J connectivity index is 1.77. The minimum Gasteiger partial charge on any atom is -0.352 e. The Kier molecular flexibility index (Phi) is 2.96. The van der Waals surface area contributed by atoms with Crippen LogP contribution in [0.15, 0.2) is 48.5 Å².